The van der Waals surface area contributed by atoms with Crippen molar-refractivity contribution in [2.45, 2.75) is 31.2 Å². The lowest BCUT2D eigenvalue weighted by Crippen LogP contribution is -2.46. The van der Waals surface area contributed by atoms with Crippen LogP contribution in [0.3, 0.4) is 0 Å². The molecular weight excluding hydrogens is 400 g/mol. The quantitative estimate of drug-likeness (QED) is 0.619. The molecule has 0 aliphatic carbocycles. The molecule has 1 rings (SSSR count). The third-order valence-corrected chi connectivity index (χ3v) is 5.49. The van der Waals surface area contributed by atoms with Gasteiger partial charge in [-0.2, -0.15) is 0 Å². The summed E-state index contributed by atoms with van der Waals surface area (Å²) in [5, 5.41) is 2.49. The van der Waals surface area contributed by atoms with Gasteiger partial charge in [-0.15, -0.1) is 0 Å². The fourth-order valence-corrected chi connectivity index (χ4v) is 3.96. The third kappa shape index (κ3) is 6.21. The molecule has 7 nitrogen and oxygen atoms in total. The van der Waals surface area contributed by atoms with Crippen molar-refractivity contribution in [3.63, 3.8) is 0 Å². The van der Waals surface area contributed by atoms with E-state index in [2.05, 4.69) is 30.7 Å². The molecule has 1 amide bonds. The van der Waals surface area contributed by atoms with Crippen molar-refractivity contribution in [1.29, 1.82) is 0 Å². The monoisotopic (exact) mass is 420 g/mol. The maximum Gasteiger partial charge on any atom is 0.328 e. The van der Waals surface area contributed by atoms with E-state index in [0.717, 1.165) is 0 Å². The van der Waals surface area contributed by atoms with E-state index in [-0.39, 0.29) is 10.8 Å². The molecule has 0 spiro atoms. The third-order valence-electron chi connectivity index (χ3n) is 3.08. The normalized spacial score (nSPS) is 12.7. The van der Waals surface area contributed by atoms with Gasteiger partial charge in [-0.05, 0) is 40.4 Å². The van der Waals surface area contributed by atoms with Crippen LogP contribution < -0.4 is 10.0 Å². The van der Waals surface area contributed by atoms with Gasteiger partial charge in [0.25, 0.3) is 0 Å². The fourth-order valence-electron chi connectivity index (χ4n) is 1.97. The van der Waals surface area contributed by atoms with Crippen molar-refractivity contribution in [2.75, 3.05) is 13.7 Å². The SMILES string of the molecule is COC(=O)[C@H](CC(C)C)NC(=O)CNS(=O)(=O)c1ccccc1Br. The standard InChI is InChI=1S/C15H21BrN2O5S/c1-10(2)8-12(15(20)23-3)18-14(19)9-17-24(21,22)13-7-5-4-6-11(13)16/h4-7,10,12,17H,8-9H2,1-3H3,(H,18,19)/t12-/m0/s1. The number of esters is 1. The molecule has 0 aliphatic rings. The highest BCUT2D eigenvalue weighted by Crippen LogP contribution is 2.20. The zero-order valence-corrected chi connectivity index (χ0v) is 16.1. The summed E-state index contributed by atoms with van der Waals surface area (Å²) in [7, 11) is -2.61. The van der Waals surface area contributed by atoms with E-state index in [0.29, 0.717) is 10.9 Å². The number of hydrogen-bond donors (Lipinski definition) is 2. The molecule has 0 radical (unpaired) electrons. The first-order valence-corrected chi connectivity index (χ1v) is 9.56. The number of ether oxygens (including phenoxy) is 1. The summed E-state index contributed by atoms with van der Waals surface area (Å²) in [4.78, 5) is 23.7. The van der Waals surface area contributed by atoms with Crippen LogP contribution in [0.25, 0.3) is 0 Å². The molecule has 24 heavy (non-hydrogen) atoms. The maximum absolute atomic E-state index is 12.2. The number of nitrogens with one attached hydrogen (secondary N) is 2. The predicted octanol–water partition coefficient (Wildman–Crippen LogP) is 1.43. The summed E-state index contributed by atoms with van der Waals surface area (Å²) in [6.07, 6.45) is 0.398. The molecule has 0 aromatic heterocycles. The Labute approximate surface area is 150 Å². The average molecular weight is 421 g/mol. The van der Waals surface area contributed by atoms with Crippen LogP contribution in [0.15, 0.2) is 33.6 Å². The Morgan fingerprint density at radius 1 is 1.25 bits per heavy atom. The van der Waals surface area contributed by atoms with Gasteiger partial charge >= 0.3 is 5.97 Å². The Morgan fingerprint density at radius 3 is 2.42 bits per heavy atom. The second-order valence-electron chi connectivity index (χ2n) is 5.53. The minimum absolute atomic E-state index is 0.0319. The molecule has 0 aliphatic heterocycles. The number of sulfonamides is 1. The number of carbonyl (C=O) groups excluding carboxylic acids is 2. The topological polar surface area (TPSA) is 102 Å². The molecule has 0 heterocycles. The number of hydrogen-bond acceptors (Lipinski definition) is 5. The van der Waals surface area contributed by atoms with Gasteiger partial charge in [-0.3, -0.25) is 4.79 Å². The van der Waals surface area contributed by atoms with E-state index in [1.54, 1.807) is 18.2 Å². The van der Waals surface area contributed by atoms with Crippen molar-refractivity contribution in [2.24, 2.45) is 5.92 Å². The van der Waals surface area contributed by atoms with Gasteiger partial charge in [0, 0.05) is 4.47 Å². The molecule has 9 heteroatoms. The first-order valence-electron chi connectivity index (χ1n) is 7.28. The molecule has 134 valence electrons. The van der Waals surface area contributed by atoms with Gasteiger partial charge in [0.05, 0.1) is 18.6 Å². The van der Waals surface area contributed by atoms with Gasteiger partial charge in [0.1, 0.15) is 6.04 Å². The van der Waals surface area contributed by atoms with E-state index in [9.17, 15) is 18.0 Å². The Kier molecular flexibility index (Phi) is 7.85. The Morgan fingerprint density at radius 2 is 1.88 bits per heavy atom. The fraction of sp³-hybridized carbons (Fsp3) is 0.467. The van der Waals surface area contributed by atoms with Crippen LogP contribution in [0.1, 0.15) is 20.3 Å². The van der Waals surface area contributed by atoms with E-state index >= 15 is 0 Å². The molecule has 0 unspecified atom stereocenters. The van der Waals surface area contributed by atoms with E-state index in [4.69, 9.17) is 0 Å². The van der Waals surface area contributed by atoms with Crippen molar-refractivity contribution < 1.29 is 22.7 Å². The number of amides is 1. The summed E-state index contributed by atoms with van der Waals surface area (Å²) in [6, 6.07) is 5.46. The van der Waals surface area contributed by atoms with Gasteiger partial charge < -0.3 is 10.1 Å². The van der Waals surface area contributed by atoms with Gasteiger partial charge in [0.15, 0.2) is 0 Å². The molecule has 2 N–H and O–H groups in total. The molecule has 0 fully saturated rings. The van der Waals surface area contributed by atoms with Crippen LogP contribution in [-0.2, 0) is 24.3 Å². The van der Waals surface area contributed by atoms with Gasteiger partial charge in [0.2, 0.25) is 15.9 Å². The summed E-state index contributed by atoms with van der Waals surface area (Å²) >= 11 is 3.15. The predicted molar refractivity (Wildman–Crippen MR) is 92.7 cm³/mol. The second-order valence-corrected chi connectivity index (χ2v) is 8.12. The minimum atomic E-state index is -3.84. The average Bonchev–Trinajstić information content (AvgIpc) is 2.51. The number of halogens is 1. The molecule has 1 aromatic rings. The van der Waals surface area contributed by atoms with Crippen molar-refractivity contribution in [1.82, 2.24) is 10.0 Å². The number of methoxy groups -OCH3 is 1. The smallest absolute Gasteiger partial charge is 0.328 e. The van der Waals surface area contributed by atoms with E-state index in [1.165, 1.54) is 13.2 Å². The molecule has 1 atom stereocenters. The first kappa shape index (κ1) is 20.6. The van der Waals surface area contributed by atoms with Crippen molar-refractivity contribution in [3.05, 3.63) is 28.7 Å². The highest BCUT2D eigenvalue weighted by molar-refractivity contribution is 9.10. The van der Waals surface area contributed by atoms with E-state index < -0.39 is 34.5 Å². The minimum Gasteiger partial charge on any atom is -0.467 e. The lowest BCUT2D eigenvalue weighted by molar-refractivity contribution is -0.145. The van der Waals surface area contributed by atoms with Crippen LogP contribution in [0.4, 0.5) is 0 Å². The van der Waals surface area contributed by atoms with Crippen LogP contribution in [0.5, 0.6) is 0 Å². The number of carbonyl (C=O) groups is 2. The molecular formula is C15H21BrN2O5S. The van der Waals surface area contributed by atoms with Gasteiger partial charge in [-0.1, -0.05) is 26.0 Å². The first-order chi connectivity index (χ1) is 11.2. The largest absolute Gasteiger partial charge is 0.467 e. The lowest BCUT2D eigenvalue weighted by Gasteiger charge is -2.18. The molecule has 0 saturated carbocycles. The summed E-state index contributed by atoms with van der Waals surface area (Å²) in [5.41, 5.74) is 0. The Hall–Kier alpha value is -1.45. The Bertz CT molecular complexity index is 691. The molecule has 0 saturated heterocycles. The highest BCUT2D eigenvalue weighted by atomic mass is 79.9. The number of rotatable bonds is 8. The zero-order chi connectivity index (χ0) is 18.3. The zero-order valence-electron chi connectivity index (χ0n) is 13.7. The Balaban J connectivity index is 2.70. The molecule has 0 bridgehead atoms. The number of benzene rings is 1. The highest BCUT2D eigenvalue weighted by Gasteiger charge is 2.24. The summed E-state index contributed by atoms with van der Waals surface area (Å²) in [5.74, 6) is -1.02. The summed E-state index contributed by atoms with van der Waals surface area (Å²) in [6.45, 7) is 3.32. The van der Waals surface area contributed by atoms with Crippen LogP contribution in [0, 0.1) is 5.92 Å². The lowest BCUT2D eigenvalue weighted by atomic mass is 10.0. The summed E-state index contributed by atoms with van der Waals surface area (Å²) < 4.78 is 31.6. The van der Waals surface area contributed by atoms with Crippen LogP contribution in [-0.4, -0.2) is 40.0 Å². The second kappa shape index (κ2) is 9.14. The van der Waals surface area contributed by atoms with Crippen molar-refractivity contribution >= 4 is 37.8 Å². The van der Waals surface area contributed by atoms with Gasteiger partial charge in [-0.25, -0.2) is 17.9 Å². The molecule has 1 aromatic carbocycles. The van der Waals surface area contributed by atoms with Crippen molar-refractivity contribution in [3.8, 4) is 0 Å². The maximum atomic E-state index is 12.2. The van der Waals surface area contributed by atoms with Crippen LogP contribution >= 0.6 is 15.9 Å². The van der Waals surface area contributed by atoms with Crippen LogP contribution in [0.2, 0.25) is 0 Å². The van der Waals surface area contributed by atoms with E-state index in [1.807, 2.05) is 13.8 Å².